The lowest BCUT2D eigenvalue weighted by Crippen LogP contribution is -2.40. The van der Waals surface area contributed by atoms with E-state index in [1.54, 1.807) is 18.5 Å². The maximum atomic E-state index is 13.1. The van der Waals surface area contributed by atoms with Gasteiger partial charge in [0.15, 0.2) is 0 Å². The maximum Gasteiger partial charge on any atom is 0.325 e. The van der Waals surface area contributed by atoms with Gasteiger partial charge in [0, 0.05) is 0 Å². The van der Waals surface area contributed by atoms with Gasteiger partial charge in [-0.2, -0.15) is 21.7 Å². The van der Waals surface area contributed by atoms with E-state index in [9.17, 15) is 14.9 Å². The predicted molar refractivity (Wildman–Crippen MR) is 104 cm³/mol. The third-order valence-corrected chi connectivity index (χ3v) is 5.63. The molecule has 3 amide bonds. The molecule has 28 heavy (non-hydrogen) atoms. The average molecular weight is 391 g/mol. The molecule has 1 unspecified atom stereocenters. The van der Waals surface area contributed by atoms with Crippen LogP contribution in [0.15, 0.2) is 47.2 Å². The van der Waals surface area contributed by atoms with Crippen molar-refractivity contribution in [3.63, 3.8) is 0 Å². The molecule has 1 aliphatic heterocycles. The molecule has 1 aliphatic rings. The van der Waals surface area contributed by atoms with Crippen LogP contribution in [0, 0.1) is 18.3 Å². The number of aryl methyl sites for hydroxylation is 1. The quantitative estimate of drug-likeness (QED) is 0.692. The molecule has 2 aromatic heterocycles. The highest BCUT2D eigenvalue weighted by Crippen LogP contribution is 2.32. The summed E-state index contributed by atoms with van der Waals surface area (Å²) in [6, 6.07) is 12.8. The van der Waals surface area contributed by atoms with Crippen molar-refractivity contribution in [2.24, 2.45) is 0 Å². The van der Waals surface area contributed by atoms with Crippen LogP contribution in [0.5, 0.6) is 0 Å². The Balaban J connectivity index is 1.75. The molecule has 7 nitrogen and oxygen atoms in total. The second kappa shape index (κ2) is 6.62. The zero-order valence-electron chi connectivity index (χ0n) is 15.3. The first-order valence-electron chi connectivity index (χ1n) is 8.66. The van der Waals surface area contributed by atoms with Crippen molar-refractivity contribution >= 4 is 23.3 Å². The number of hydrogen-bond acceptors (Lipinski definition) is 5. The molecule has 1 fully saturated rings. The van der Waals surface area contributed by atoms with Crippen LogP contribution in [0.4, 0.5) is 4.79 Å². The Labute approximate surface area is 165 Å². The predicted octanol–water partition coefficient (Wildman–Crippen LogP) is 3.08. The van der Waals surface area contributed by atoms with E-state index < -0.39 is 11.6 Å². The lowest BCUT2D eigenvalue weighted by Gasteiger charge is -2.20. The second-order valence-electron chi connectivity index (χ2n) is 6.72. The molecule has 1 aromatic carbocycles. The van der Waals surface area contributed by atoms with Crippen LogP contribution in [-0.4, -0.2) is 26.6 Å². The van der Waals surface area contributed by atoms with E-state index in [-0.39, 0.29) is 12.5 Å². The van der Waals surface area contributed by atoms with Gasteiger partial charge >= 0.3 is 6.03 Å². The molecule has 0 aliphatic carbocycles. The summed E-state index contributed by atoms with van der Waals surface area (Å²) in [4.78, 5) is 26.9. The highest BCUT2D eigenvalue weighted by molar-refractivity contribution is 7.08. The molecule has 1 saturated heterocycles. The summed E-state index contributed by atoms with van der Waals surface area (Å²) in [5.74, 6) is -0.349. The Morgan fingerprint density at radius 2 is 2.00 bits per heavy atom. The number of imide groups is 1. The Kier molecular flexibility index (Phi) is 4.24. The minimum absolute atomic E-state index is 0.0387. The summed E-state index contributed by atoms with van der Waals surface area (Å²) in [6.45, 7) is 3.39. The number of nitrogens with zero attached hydrogens (tertiary/aromatic N) is 4. The molecule has 0 saturated carbocycles. The molecule has 0 spiro atoms. The molecule has 3 aromatic rings. The Bertz CT molecular complexity index is 1100. The van der Waals surface area contributed by atoms with E-state index in [2.05, 4.69) is 16.5 Å². The minimum Gasteiger partial charge on any atom is -0.319 e. The van der Waals surface area contributed by atoms with Crippen LogP contribution in [0.3, 0.4) is 0 Å². The van der Waals surface area contributed by atoms with Crippen molar-refractivity contribution in [2.75, 3.05) is 0 Å². The molecule has 3 heterocycles. The number of para-hydroxylation sites is 1. The number of benzene rings is 1. The van der Waals surface area contributed by atoms with Gasteiger partial charge in [-0.25, -0.2) is 9.48 Å². The lowest BCUT2D eigenvalue weighted by atomic mass is 9.95. The number of carbonyl (C=O) groups excluding carboxylic acids is 2. The lowest BCUT2D eigenvalue weighted by molar-refractivity contribution is -0.131. The molecule has 1 atom stereocenters. The molecule has 0 radical (unpaired) electrons. The Hall–Kier alpha value is -3.44. The summed E-state index contributed by atoms with van der Waals surface area (Å²) in [6.07, 6.45) is 0. The zero-order chi connectivity index (χ0) is 19.9. The number of hydrogen-bond donors (Lipinski definition) is 1. The third-order valence-electron chi connectivity index (χ3n) is 4.95. The van der Waals surface area contributed by atoms with Gasteiger partial charge < -0.3 is 5.32 Å². The van der Waals surface area contributed by atoms with Crippen LogP contribution in [0.2, 0.25) is 0 Å². The van der Waals surface area contributed by atoms with Gasteiger partial charge in [-0.3, -0.25) is 9.69 Å². The number of nitrogens with one attached hydrogen (secondary N) is 1. The molecule has 0 bridgehead atoms. The van der Waals surface area contributed by atoms with E-state index in [4.69, 9.17) is 0 Å². The van der Waals surface area contributed by atoms with Crippen molar-refractivity contribution in [3.8, 4) is 11.8 Å². The number of nitriles is 1. The number of amides is 3. The first kappa shape index (κ1) is 17.9. The first-order valence-corrected chi connectivity index (χ1v) is 9.61. The van der Waals surface area contributed by atoms with Crippen molar-refractivity contribution in [3.05, 3.63) is 69.7 Å². The van der Waals surface area contributed by atoms with Crippen molar-refractivity contribution < 1.29 is 9.59 Å². The summed E-state index contributed by atoms with van der Waals surface area (Å²) in [7, 11) is 0. The van der Waals surface area contributed by atoms with E-state index >= 15 is 0 Å². The van der Waals surface area contributed by atoms with Crippen LogP contribution in [0.25, 0.3) is 5.69 Å². The topological polar surface area (TPSA) is 91.0 Å². The van der Waals surface area contributed by atoms with Crippen LogP contribution < -0.4 is 5.32 Å². The summed E-state index contributed by atoms with van der Waals surface area (Å²) < 4.78 is 1.62. The fraction of sp³-hybridized carbons (Fsp3) is 0.200. The van der Waals surface area contributed by atoms with Gasteiger partial charge in [0.05, 0.1) is 29.2 Å². The smallest absolute Gasteiger partial charge is 0.319 e. The number of rotatable bonds is 4. The number of aromatic nitrogens is 2. The van der Waals surface area contributed by atoms with E-state index in [0.717, 1.165) is 16.2 Å². The fourth-order valence-corrected chi connectivity index (χ4v) is 4.15. The van der Waals surface area contributed by atoms with Crippen molar-refractivity contribution in [1.29, 1.82) is 5.26 Å². The second-order valence-corrected chi connectivity index (χ2v) is 7.50. The number of urea groups is 1. The number of thiophene rings is 1. The monoisotopic (exact) mass is 391 g/mol. The van der Waals surface area contributed by atoms with E-state index in [1.165, 1.54) is 11.3 Å². The summed E-state index contributed by atoms with van der Waals surface area (Å²) in [5.41, 5.74) is 1.81. The Morgan fingerprint density at radius 3 is 2.64 bits per heavy atom. The molecule has 8 heteroatoms. The first-order chi connectivity index (χ1) is 13.5. The van der Waals surface area contributed by atoms with Crippen molar-refractivity contribution in [1.82, 2.24) is 20.0 Å². The van der Waals surface area contributed by atoms with Gasteiger partial charge in [-0.1, -0.05) is 18.2 Å². The van der Waals surface area contributed by atoms with Crippen LogP contribution in [0.1, 0.15) is 29.4 Å². The molecule has 1 N–H and O–H groups in total. The Morgan fingerprint density at radius 1 is 1.25 bits per heavy atom. The fourth-order valence-electron chi connectivity index (χ4n) is 3.38. The number of carbonyl (C=O) groups is 2. The highest BCUT2D eigenvalue weighted by Gasteiger charge is 2.49. The van der Waals surface area contributed by atoms with Gasteiger partial charge in [-0.15, -0.1) is 0 Å². The standard InChI is InChI=1S/C20H17N5O2S/c1-13-16(10-21)17(25(23-13)15-6-4-3-5-7-15)11-24-18(26)20(2,22-19(24)27)14-8-9-28-12-14/h3-9,12H,11H2,1-2H3,(H,22,27). The van der Waals surface area contributed by atoms with E-state index in [1.807, 2.05) is 47.2 Å². The van der Waals surface area contributed by atoms with Gasteiger partial charge in [0.1, 0.15) is 11.6 Å². The van der Waals surface area contributed by atoms with Gasteiger partial charge in [0.25, 0.3) is 5.91 Å². The zero-order valence-corrected chi connectivity index (χ0v) is 16.2. The largest absolute Gasteiger partial charge is 0.325 e. The minimum atomic E-state index is -1.11. The average Bonchev–Trinajstić information content (AvgIpc) is 3.38. The van der Waals surface area contributed by atoms with Gasteiger partial charge in [0.2, 0.25) is 0 Å². The van der Waals surface area contributed by atoms with Crippen LogP contribution in [-0.2, 0) is 16.9 Å². The maximum absolute atomic E-state index is 13.1. The van der Waals surface area contributed by atoms with Crippen molar-refractivity contribution in [2.45, 2.75) is 25.9 Å². The highest BCUT2D eigenvalue weighted by atomic mass is 32.1. The normalized spacial score (nSPS) is 19.0. The molecule has 4 rings (SSSR count). The van der Waals surface area contributed by atoms with E-state index in [0.29, 0.717) is 17.0 Å². The SMILES string of the molecule is Cc1nn(-c2ccccc2)c(CN2C(=O)NC(C)(c3ccsc3)C2=O)c1C#N. The summed E-state index contributed by atoms with van der Waals surface area (Å²) >= 11 is 1.46. The molecule has 140 valence electrons. The molecular weight excluding hydrogens is 374 g/mol. The molecular formula is C20H17N5O2S. The van der Waals surface area contributed by atoms with Crippen LogP contribution >= 0.6 is 11.3 Å². The third kappa shape index (κ3) is 2.68. The van der Waals surface area contributed by atoms with Gasteiger partial charge in [-0.05, 0) is 48.4 Å². The summed E-state index contributed by atoms with van der Waals surface area (Å²) in [5, 5.41) is 20.6.